The standard InChI is InChI=1S/C26H29N3O3S/c30-25(13-6-11-24-12-7-15-33-24)29-18-23(32-20-22-10-4-5-14-27-22)17-28(26(31)19-29)16-21-8-2-1-3-9-21/h1-5,7-10,12,14-15,23H,6,11,13,16-20H2/t23-/m1/s1. The lowest BCUT2D eigenvalue weighted by Gasteiger charge is -2.25. The molecule has 172 valence electrons. The molecule has 0 spiro atoms. The summed E-state index contributed by atoms with van der Waals surface area (Å²) in [6.45, 7) is 1.79. The fraction of sp³-hybridized carbons (Fsp3) is 0.346. The summed E-state index contributed by atoms with van der Waals surface area (Å²) in [6.07, 6.45) is 3.54. The molecule has 1 aliphatic rings. The van der Waals surface area contributed by atoms with E-state index in [9.17, 15) is 9.59 Å². The molecule has 1 saturated heterocycles. The Labute approximate surface area is 198 Å². The number of thiophene rings is 1. The Morgan fingerprint density at radius 3 is 2.67 bits per heavy atom. The van der Waals surface area contributed by atoms with E-state index in [2.05, 4.69) is 16.4 Å². The van der Waals surface area contributed by atoms with Gasteiger partial charge in [0, 0.05) is 37.1 Å². The highest BCUT2D eigenvalue weighted by molar-refractivity contribution is 7.09. The van der Waals surface area contributed by atoms with Crippen LogP contribution in [0.3, 0.4) is 0 Å². The van der Waals surface area contributed by atoms with Gasteiger partial charge in [0.1, 0.15) is 0 Å². The van der Waals surface area contributed by atoms with Gasteiger partial charge in [-0.3, -0.25) is 14.6 Å². The Kier molecular flexibility index (Phi) is 8.22. The first kappa shape index (κ1) is 23.1. The number of carbonyl (C=O) groups is 2. The summed E-state index contributed by atoms with van der Waals surface area (Å²) in [4.78, 5) is 35.2. The van der Waals surface area contributed by atoms with Crippen LogP contribution in [-0.2, 0) is 33.9 Å². The van der Waals surface area contributed by atoms with E-state index in [1.807, 2.05) is 54.6 Å². The third kappa shape index (κ3) is 6.97. The van der Waals surface area contributed by atoms with Crippen LogP contribution in [0, 0.1) is 0 Å². The first-order chi connectivity index (χ1) is 16.2. The Bertz CT molecular complexity index is 1010. The zero-order chi connectivity index (χ0) is 22.9. The van der Waals surface area contributed by atoms with E-state index in [-0.39, 0.29) is 24.5 Å². The first-order valence-electron chi connectivity index (χ1n) is 11.3. The van der Waals surface area contributed by atoms with E-state index in [1.165, 1.54) is 4.88 Å². The zero-order valence-electron chi connectivity index (χ0n) is 18.6. The Hall–Kier alpha value is -3.03. The second-order valence-corrected chi connectivity index (χ2v) is 9.25. The average Bonchev–Trinajstić information content (AvgIpc) is 3.30. The highest BCUT2D eigenvalue weighted by Gasteiger charge is 2.30. The van der Waals surface area contributed by atoms with Gasteiger partial charge in [0.25, 0.3) is 0 Å². The summed E-state index contributed by atoms with van der Waals surface area (Å²) in [5.74, 6) is -0.0395. The largest absolute Gasteiger partial charge is 0.368 e. The summed E-state index contributed by atoms with van der Waals surface area (Å²) in [6, 6.07) is 19.7. The molecule has 1 aromatic carbocycles. The second-order valence-electron chi connectivity index (χ2n) is 8.22. The SMILES string of the molecule is O=C(CCCc1cccs1)N1CC(=O)N(Cc2ccccc2)C[C@@H](OCc2ccccn2)C1. The maximum Gasteiger partial charge on any atom is 0.242 e. The van der Waals surface area contributed by atoms with Gasteiger partial charge in [0.05, 0.1) is 24.9 Å². The summed E-state index contributed by atoms with van der Waals surface area (Å²) in [7, 11) is 0. The number of nitrogens with zero attached hydrogens (tertiary/aromatic N) is 3. The Balaban J connectivity index is 1.41. The molecule has 1 atom stereocenters. The number of hydrogen-bond acceptors (Lipinski definition) is 5. The number of carbonyl (C=O) groups excluding carboxylic acids is 2. The molecular formula is C26H29N3O3S. The molecule has 0 N–H and O–H groups in total. The topological polar surface area (TPSA) is 62.7 Å². The van der Waals surface area contributed by atoms with Crippen molar-refractivity contribution in [1.82, 2.24) is 14.8 Å². The van der Waals surface area contributed by atoms with E-state index >= 15 is 0 Å². The molecule has 0 radical (unpaired) electrons. The molecule has 3 heterocycles. The van der Waals surface area contributed by atoms with E-state index in [1.54, 1.807) is 27.3 Å². The van der Waals surface area contributed by atoms with Crippen LogP contribution in [-0.4, -0.2) is 52.3 Å². The molecule has 3 aromatic rings. The van der Waals surface area contributed by atoms with E-state index in [0.29, 0.717) is 32.7 Å². The number of amides is 2. The number of aryl methyl sites for hydroxylation is 1. The van der Waals surface area contributed by atoms with Gasteiger partial charge in [-0.15, -0.1) is 11.3 Å². The van der Waals surface area contributed by atoms with Gasteiger partial charge in [-0.05, 0) is 42.0 Å². The van der Waals surface area contributed by atoms with E-state index in [4.69, 9.17) is 4.74 Å². The molecule has 0 aliphatic carbocycles. The van der Waals surface area contributed by atoms with Gasteiger partial charge in [-0.25, -0.2) is 0 Å². The summed E-state index contributed by atoms with van der Waals surface area (Å²) < 4.78 is 6.16. The van der Waals surface area contributed by atoms with Gasteiger partial charge in [0.2, 0.25) is 11.8 Å². The Morgan fingerprint density at radius 1 is 1.06 bits per heavy atom. The van der Waals surface area contributed by atoms with Crippen LogP contribution in [0.4, 0.5) is 0 Å². The van der Waals surface area contributed by atoms with Crippen molar-refractivity contribution in [1.29, 1.82) is 0 Å². The predicted octanol–water partition coefficient (Wildman–Crippen LogP) is 3.92. The molecule has 1 fully saturated rings. The van der Waals surface area contributed by atoms with Crippen LogP contribution in [0.15, 0.2) is 72.2 Å². The highest BCUT2D eigenvalue weighted by Crippen LogP contribution is 2.16. The lowest BCUT2D eigenvalue weighted by Crippen LogP contribution is -2.39. The summed E-state index contributed by atoms with van der Waals surface area (Å²) in [5.41, 5.74) is 1.89. The number of pyridine rings is 1. The predicted molar refractivity (Wildman–Crippen MR) is 129 cm³/mol. The smallest absolute Gasteiger partial charge is 0.242 e. The fourth-order valence-electron chi connectivity index (χ4n) is 3.94. The molecule has 4 rings (SSSR count). The quantitative estimate of drug-likeness (QED) is 0.483. The van der Waals surface area contributed by atoms with Crippen molar-refractivity contribution < 1.29 is 14.3 Å². The maximum atomic E-state index is 13.1. The zero-order valence-corrected chi connectivity index (χ0v) is 19.5. The average molecular weight is 464 g/mol. The van der Waals surface area contributed by atoms with E-state index < -0.39 is 0 Å². The molecule has 0 bridgehead atoms. The van der Waals surface area contributed by atoms with Crippen LogP contribution in [0.25, 0.3) is 0 Å². The van der Waals surface area contributed by atoms with Gasteiger partial charge < -0.3 is 14.5 Å². The number of rotatable bonds is 9. The minimum Gasteiger partial charge on any atom is -0.368 e. The number of ether oxygens (including phenoxy) is 1. The van der Waals surface area contributed by atoms with Crippen molar-refractivity contribution in [3.63, 3.8) is 0 Å². The summed E-state index contributed by atoms with van der Waals surface area (Å²) in [5, 5.41) is 2.05. The lowest BCUT2D eigenvalue weighted by atomic mass is 10.2. The number of aromatic nitrogens is 1. The van der Waals surface area contributed by atoms with Gasteiger partial charge >= 0.3 is 0 Å². The van der Waals surface area contributed by atoms with Gasteiger partial charge in [-0.2, -0.15) is 0 Å². The monoisotopic (exact) mass is 463 g/mol. The minimum atomic E-state index is -0.275. The van der Waals surface area contributed by atoms with Crippen molar-refractivity contribution in [2.45, 2.75) is 38.5 Å². The van der Waals surface area contributed by atoms with Crippen LogP contribution in [0.2, 0.25) is 0 Å². The molecule has 0 saturated carbocycles. The molecule has 6 nitrogen and oxygen atoms in total. The van der Waals surface area contributed by atoms with Crippen LogP contribution < -0.4 is 0 Å². The molecular weight excluding hydrogens is 434 g/mol. The van der Waals surface area contributed by atoms with Crippen LogP contribution in [0.1, 0.15) is 29.0 Å². The van der Waals surface area contributed by atoms with Crippen molar-refractivity contribution in [3.8, 4) is 0 Å². The normalized spacial score (nSPS) is 16.6. The fourth-order valence-corrected chi connectivity index (χ4v) is 4.70. The third-order valence-electron chi connectivity index (χ3n) is 5.68. The van der Waals surface area contributed by atoms with E-state index in [0.717, 1.165) is 24.1 Å². The molecule has 33 heavy (non-hydrogen) atoms. The second kappa shape index (κ2) is 11.7. The minimum absolute atomic E-state index is 0.00732. The van der Waals surface area contributed by atoms with Crippen LogP contribution >= 0.6 is 11.3 Å². The van der Waals surface area contributed by atoms with Gasteiger partial charge in [0.15, 0.2) is 0 Å². The van der Waals surface area contributed by atoms with Crippen molar-refractivity contribution in [2.24, 2.45) is 0 Å². The first-order valence-corrected chi connectivity index (χ1v) is 12.2. The van der Waals surface area contributed by atoms with Crippen LogP contribution in [0.5, 0.6) is 0 Å². The number of hydrogen-bond donors (Lipinski definition) is 0. The van der Waals surface area contributed by atoms with Crippen molar-refractivity contribution in [2.75, 3.05) is 19.6 Å². The molecule has 2 amide bonds. The van der Waals surface area contributed by atoms with Gasteiger partial charge in [-0.1, -0.05) is 42.5 Å². The van der Waals surface area contributed by atoms with Crippen molar-refractivity contribution >= 4 is 23.2 Å². The molecule has 1 aliphatic heterocycles. The van der Waals surface area contributed by atoms with Crippen molar-refractivity contribution in [3.05, 3.63) is 88.4 Å². The molecule has 0 unspecified atom stereocenters. The number of benzene rings is 1. The summed E-state index contributed by atoms with van der Waals surface area (Å²) >= 11 is 1.71. The Morgan fingerprint density at radius 2 is 1.91 bits per heavy atom. The lowest BCUT2D eigenvalue weighted by molar-refractivity contribution is -0.139. The molecule has 2 aromatic heterocycles. The maximum absolute atomic E-state index is 13.1. The highest BCUT2D eigenvalue weighted by atomic mass is 32.1. The molecule has 7 heteroatoms. The third-order valence-corrected chi connectivity index (χ3v) is 6.62.